The Bertz CT molecular complexity index is 629. The van der Waals surface area contributed by atoms with E-state index in [1.165, 1.54) is 6.07 Å². The lowest BCUT2D eigenvalue weighted by Crippen LogP contribution is -2.18. The van der Waals surface area contributed by atoms with Gasteiger partial charge in [-0.05, 0) is 29.8 Å². The van der Waals surface area contributed by atoms with Crippen LogP contribution in [0.2, 0.25) is 5.02 Å². The molecule has 0 aliphatic heterocycles. The standard InChI is InChI=1S/C16H16ClFN2O/c1-19-16(21)12-4-2-11(3-5-12)9-20-10-13-6-7-14(17)8-15(13)18/h2-8,20H,9-10H2,1H3,(H,19,21). The zero-order valence-electron chi connectivity index (χ0n) is 11.6. The van der Waals surface area contributed by atoms with Crippen molar-refractivity contribution in [2.75, 3.05) is 7.05 Å². The summed E-state index contributed by atoms with van der Waals surface area (Å²) in [4.78, 5) is 11.4. The van der Waals surface area contributed by atoms with E-state index in [4.69, 9.17) is 11.6 Å². The van der Waals surface area contributed by atoms with Crippen molar-refractivity contribution in [3.8, 4) is 0 Å². The summed E-state index contributed by atoms with van der Waals surface area (Å²) in [6, 6.07) is 11.9. The Balaban J connectivity index is 1.90. The Morgan fingerprint density at radius 1 is 1.14 bits per heavy atom. The molecule has 0 saturated heterocycles. The summed E-state index contributed by atoms with van der Waals surface area (Å²) in [6.45, 7) is 1.01. The minimum atomic E-state index is -0.315. The summed E-state index contributed by atoms with van der Waals surface area (Å²) in [6.07, 6.45) is 0. The third-order valence-corrected chi connectivity index (χ3v) is 3.34. The molecule has 2 aromatic carbocycles. The van der Waals surface area contributed by atoms with Crippen LogP contribution in [-0.2, 0) is 13.1 Å². The van der Waals surface area contributed by atoms with Crippen molar-refractivity contribution in [3.63, 3.8) is 0 Å². The maximum Gasteiger partial charge on any atom is 0.251 e. The van der Waals surface area contributed by atoms with Gasteiger partial charge in [0.15, 0.2) is 0 Å². The van der Waals surface area contributed by atoms with E-state index in [-0.39, 0.29) is 11.7 Å². The predicted molar refractivity (Wildman–Crippen MR) is 81.8 cm³/mol. The van der Waals surface area contributed by atoms with Gasteiger partial charge in [0.1, 0.15) is 5.82 Å². The molecule has 2 N–H and O–H groups in total. The summed E-state index contributed by atoms with van der Waals surface area (Å²) < 4.78 is 13.6. The monoisotopic (exact) mass is 306 g/mol. The zero-order valence-corrected chi connectivity index (χ0v) is 12.4. The van der Waals surface area contributed by atoms with Crippen LogP contribution < -0.4 is 10.6 Å². The Hall–Kier alpha value is -1.91. The Morgan fingerprint density at radius 3 is 2.48 bits per heavy atom. The van der Waals surface area contributed by atoms with Crippen LogP contribution in [0.15, 0.2) is 42.5 Å². The van der Waals surface area contributed by atoms with Crippen molar-refractivity contribution < 1.29 is 9.18 Å². The molecule has 110 valence electrons. The second-order valence-electron chi connectivity index (χ2n) is 4.62. The maximum absolute atomic E-state index is 13.6. The summed E-state index contributed by atoms with van der Waals surface area (Å²) >= 11 is 5.71. The highest BCUT2D eigenvalue weighted by Gasteiger charge is 2.04. The summed E-state index contributed by atoms with van der Waals surface area (Å²) in [5.41, 5.74) is 2.21. The van der Waals surface area contributed by atoms with Crippen molar-refractivity contribution in [2.24, 2.45) is 0 Å². The number of hydrogen-bond donors (Lipinski definition) is 2. The van der Waals surface area contributed by atoms with E-state index in [1.807, 2.05) is 12.1 Å². The van der Waals surface area contributed by atoms with Crippen LogP contribution in [0, 0.1) is 5.82 Å². The molecule has 5 heteroatoms. The molecule has 0 saturated carbocycles. The van der Waals surface area contributed by atoms with Gasteiger partial charge in [0.25, 0.3) is 5.91 Å². The first-order valence-corrected chi connectivity index (χ1v) is 6.93. The molecule has 0 heterocycles. The van der Waals surface area contributed by atoms with Gasteiger partial charge >= 0.3 is 0 Å². The van der Waals surface area contributed by atoms with Gasteiger partial charge in [-0.3, -0.25) is 4.79 Å². The molecule has 0 bridgehead atoms. The molecule has 0 unspecified atom stereocenters. The number of rotatable bonds is 5. The van der Waals surface area contributed by atoms with E-state index in [0.29, 0.717) is 29.2 Å². The van der Waals surface area contributed by atoms with E-state index in [1.54, 1.807) is 31.3 Å². The molecule has 0 atom stereocenters. The van der Waals surface area contributed by atoms with Gasteiger partial charge in [0.05, 0.1) is 0 Å². The molecule has 0 aliphatic rings. The minimum absolute atomic E-state index is 0.113. The van der Waals surface area contributed by atoms with Crippen LogP contribution in [0.1, 0.15) is 21.5 Å². The maximum atomic E-state index is 13.6. The van der Waals surface area contributed by atoms with Crippen molar-refractivity contribution >= 4 is 17.5 Å². The first kappa shape index (κ1) is 15.5. The third kappa shape index (κ3) is 4.28. The molecule has 0 fully saturated rings. The molecule has 2 rings (SSSR count). The highest BCUT2D eigenvalue weighted by Crippen LogP contribution is 2.14. The van der Waals surface area contributed by atoms with Crippen LogP contribution in [0.5, 0.6) is 0 Å². The van der Waals surface area contributed by atoms with Gasteiger partial charge in [-0.1, -0.05) is 29.8 Å². The number of hydrogen-bond acceptors (Lipinski definition) is 2. The second-order valence-corrected chi connectivity index (χ2v) is 5.05. The fourth-order valence-electron chi connectivity index (χ4n) is 1.92. The van der Waals surface area contributed by atoms with E-state index in [9.17, 15) is 9.18 Å². The van der Waals surface area contributed by atoms with Crippen molar-refractivity contribution in [1.29, 1.82) is 0 Å². The first-order valence-electron chi connectivity index (χ1n) is 6.56. The molecule has 21 heavy (non-hydrogen) atoms. The molecule has 0 spiro atoms. The fraction of sp³-hybridized carbons (Fsp3) is 0.188. The smallest absolute Gasteiger partial charge is 0.251 e. The van der Waals surface area contributed by atoms with Crippen LogP contribution in [-0.4, -0.2) is 13.0 Å². The number of carbonyl (C=O) groups excluding carboxylic acids is 1. The fourth-order valence-corrected chi connectivity index (χ4v) is 2.08. The lowest BCUT2D eigenvalue weighted by Gasteiger charge is -2.07. The third-order valence-electron chi connectivity index (χ3n) is 3.10. The van der Waals surface area contributed by atoms with E-state index in [0.717, 1.165) is 5.56 Å². The number of amides is 1. The van der Waals surface area contributed by atoms with E-state index in [2.05, 4.69) is 10.6 Å². The summed E-state index contributed by atoms with van der Waals surface area (Å²) in [5.74, 6) is -0.428. The van der Waals surface area contributed by atoms with Crippen LogP contribution in [0.3, 0.4) is 0 Å². The number of nitrogens with one attached hydrogen (secondary N) is 2. The van der Waals surface area contributed by atoms with E-state index < -0.39 is 0 Å². The van der Waals surface area contributed by atoms with Gasteiger partial charge < -0.3 is 10.6 Å². The number of halogens is 2. The lowest BCUT2D eigenvalue weighted by atomic mass is 10.1. The Morgan fingerprint density at radius 2 is 1.86 bits per heavy atom. The van der Waals surface area contributed by atoms with Gasteiger partial charge in [0.2, 0.25) is 0 Å². The normalized spacial score (nSPS) is 10.4. The molecular weight excluding hydrogens is 291 g/mol. The molecule has 1 amide bonds. The van der Waals surface area contributed by atoms with Crippen molar-refractivity contribution in [2.45, 2.75) is 13.1 Å². The number of benzene rings is 2. The highest BCUT2D eigenvalue weighted by molar-refractivity contribution is 6.30. The van der Waals surface area contributed by atoms with Gasteiger partial charge in [-0.25, -0.2) is 4.39 Å². The minimum Gasteiger partial charge on any atom is -0.355 e. The average Bonchev–Trinajstić information content (AvgIpc) is 2.49. The van der Waals surface area contributed by atoms with Crippen LogP contribution in [0.4, 0.5) is 4.39 Å². The van der Waals surface area contributed by atoms with Gasteiger partial charge in [-0.15, -0.1) is 0 Å². The number of carbonyl (C=O) groups is 1. The van der Waals surface area contributed by atoms with Gasteiger partial charge in [-0.2, -0.15) is 0 Å². The van der Waals surface area contributed by atoms with E-state index >= 15 is 0 Å². The van der Waals surface area contributed by atoms with Gasteiger partial charge in [0, 0.05) is 36.3 Å². The lowest BCUT2D eigenvalue weighted by molar-refractivity contribution is 0.0963. The summed E-state index contributed by atoms with van der Waals surface area (Å²) in [7, 11) is 1.60. The SMILES string of the molecule is CNC(=O)c1ccc(CNCc2ccc(Cl)cc2F)cc1. The Kier molecular flexibility index (Phi) is 5.31. The molecule has 2 aromatic rings. The molecule has 0 aromatic heterocycles. The average molecular weight is 307 g/mol. The zero-order chi connectivity index (χ0) is 15.2. The summed E-state index contributed by atoms with van der Waals surface area (Å²) in [5, 5.41) is 6.12. The Labute approximate surface area is 128 Å². The molecular formula is C16H16ClFN2O. The second kappa shape index (κ2) is 7.20. The molecule has 0 radical (unpaired) electrons. The molecule has 0 aliphatic carbocycles. The highest BCUT2D eigenvalue weighted by atomic mass is 35.5. The van der Waals surface area contributed by atoms with Crippen LogP contribution in [0.25, 0.3) is 0 Å². The topological polar surface area (TPSA) is 41.1 Å². The van der Waals surface area contributed by atoms with Crippen molar-refractivity contribution in [1.82, 2.24) is 10.6 Å². The largest absolute Gasteiger partial charge is 0.355 e. The van der Waals surface area contributed by atoms with Crippen LogP contribution >= 0.6 is 11.6 Å². The quantitative estimate of drug-likeness (QED) is 0.891. The first-order chi connectivity index (χ1) is 10.1. The molecule has 3 nitrogen and oxygen atoms in total. The van der Waals surface area contributed by atoms with Crippen molar-refractivity contribution in [3.05, 3.63) is 70.0 Å². The predicted octanol–water partition coefficient (Wildman–Crippen LogP) is 3.13.